The summed E-state index contributed by atoms with van der Waals surface area (Å²) in [7, 11) is 1.88. The maximum absolute atomic E-state index is 12.3. The number of hydrogen-bond donors (Lipinski definition) is 1. The molecule has 2 saturated heterocycles. The number of fused-ring (bicyclic) bond motifs is 1. The number of unbranched alkanes of at least 4 members (excludes halogenated alkanes) is 3. The lowest BCUT2D eigenvalue weighted by molar-refractivity contribution is -0.154. The minimum absolute atomic E-state index is 0.0994. The Hall–Kier alpha value is -3.14. The molecule has 10 nitrogen and oxygen atoms in total. The molecule has 10 heteroatoms. The Kier molecular flexibility index (Phi) is 8.36. The summed E-state index contributed by atoms with van der Waals surface area (Å²) in [4.78, 5) is 42.1. The van der Waals surface area contributed by atoms with Gasteiger partial charge in [-0.05, 0) is 58.4 Å². The fourth-order valence-corrected chi connectivity index (χ4v) is 4.97. The van der Waals surface area contributed by atoms with Gasteiger partial charge < -0.3 is 9.64 Å². The maximum atomic E-state index is 12.3. The molecule has 2 aliphatic rings. The van der Waals surface area contributed by atoms with Gasteiger partial charge in [-0.3, -0.25) is 29.4 Å². The van der Waals surface area contributed by atoms with Crippen LogP contribution in [-0.4, -0.2) is 77.5 Å². The molecule has 2 fully saturated rings. The third-order valence-electron chi connectivity index (χ3n) is 6.89. The Labute approximate surface area is 218 Å². The van der Waals surface area contributed by atoms with Crippen molar-refractivity contribution in [2.45, 2.75) is 64.9 Å². The smallest absolute Gasteiger partial charge is 0.329 e. The van der Waals surface area contributed by atoms with Crippen LogP contribution < -0.4 is 15.1 Å². The standard InChI is InChI=1S/C27H40N6O4/c1-27(2,3)37-24(35)9-7-5-6-8-13-31-15-17-32(18-16-31)20-10-11-21-22(19-20)30(4)29-25(21)33-14-12-23(34)28-26(33)36/h10-11,19H,5-9,12-18H2,1-4H3,(H,28,34,36). The van der Waals surface area contributed by atoms with Gasteiger partial charge in [0.15, 0.2) is 5.82 Å². The molecule has 1 aromatic heterocycles. The number of aryl methyl sites for hydroxylation is 1. The Bertz CT molecular complexity index is 1130. The summed E-state index contributed by atoms with van der Waals surface area (Å²) < 4.78 is 7.17. The molecule has 1 N–H and O–H groups in total. The molecule has 0 unspecified atom stereocenters. The van der Waals surface area contributed by atoms with Crippen molar-refractivity contribution in [3.63, 3.8) is 0 Å². The predicted molar refractivity (Wildman–Crippen MR) is 144 cm³/mol. The molecule has 3 heterocycles. The second-order valence-corrected chi connectivity index (χ2v) is 11.0. The summed E-state index contributed by atoms with van der Waals surface area (Å²) in [5.41, 5.74) is 1.72. The van der Waals surface area contributed by atoms with E-state index in [2.05, 4.69) is 32.3 Å². The highest BCUT2D eigenvalue weighted by molar-refractivity contribution is 6.09. The predicted octanol–water partition coefficient (Wildman–Crippen LogP) is 3.43. The summed E-state index contributed by atoms with van der Waals surface area (Å²) in [5, 5.41) is 7.86. The number of piperazine rings is 1. The SMILES string of the molecule is Cn1nc(N2CCC(=O)NC2=O)c2ccc(N3CCN(CCCCCCC(=O)OC(C)(C)C)CC3)cc21. The Morgan fingerprint density at radius 2 is 1.76 bits per heavy atom. The van der Waals surface area contributed by atoms with Crippen LogP contribution in [0.4, 0.5) is 16.3 Å². The number of nitrogens with zero attached hydrogens (tertiary/aromatic N) is 5. The first-order valence-electron chi connectivity index (χ1n) is 13.4. The van der Waals surface area contributed by atoms with Crippen molar-refractivity contribution in [3.05, 3.63) is 18.2 Å². The zero-order chi connectivity index (χ0) is 26.6. The van der Waals surface area contributed by atoms with E-state index in [0.717, 1.165) is 75.0 Å². The number of esters is 1. The Morgan fingerprint density at radius 3 is 2.46 bits per heavy atom. The van der Waals surface area contributed by atoms with E-state index in [4.69, 9.17) is 4.74 Å². The second-order valence-electron chi connectivity index (χ2n) is 11.0. The number of aromatic nitrogens is 2. The van der Waals surface area contributed by atoms with E-state index in [1.807, 2.05) is 33.9 Å². The van der Waals surface area contributed by atoms with Crippen LogP contribution in [-0.2, 0) is 21.4 Å². The van der Waals surface area contributed by atoms with Crippen LogP contribution in [0.15, 0.2) is 18.2 Å². The van der Waals surface area contributed by atoms with Gasteiger partial charge in [0.05, 0.1) is 5.52 Å². The molecule has 0 spiro atoms. The van der Waals surface area contributed by atoms with Crippen molar-refractivity contribution in [2.24, 2.45) is 7.05 Å². The minimum atomic E-state index is -0.417. The lowest BCUT2D eigenvalue weighted by Crippen LogP contribution is -2.49. The van der Waals surface area contributed by atoms with Crippen molar-refractivity contribution in [3.8, 4) is 0 Å². The van der Waals surface area contributed by atoms with Gasteiger partial charge in [0.2, 0.25) is 5.91 Å². The van der Waals surface area contributed by atoms with Crippen LogP contribution in [0.3, 0.4) is 0 Å². The molecule has 202 valence electrons. The van der Waals surface area contributed by atoms with E-state index in [1.165, 1.54) is 0 Å². The van der Waals surface area contributed by atoms with E-state index >= 15 is 0 Å². The monoisotopic (exact) mass is 512 g/mol. The highest BCUT2D eigenvalue weighted by Crippen LogP contribution is 2.30. The van der Waals surface area contributed by atoms with Crippen LogP contribution in [0, 0.1) is 0 Å². The lowest BCUT2D eigenvalue weighted by Gasteiger charge is -2.36. The quantitative estimate of drug-likeness (QED) is 0.406. The third-order valence-corrected chi connectivity index (χ3v) is 6.89. The van der Waals surface area contributed by atoms with Crippen molar-refractivity contribution in [2.75, 3.05) is 49.1 Å². The van der Waals surface area contributed by atoms with Gasteiger partial charge in [0, 0.05) is 63.7 Å². The largest absolute Gasteiger partial charge is 0.460 e. The molecule has 37 heavy (non-hydrogen) atoms. The zero-order valence-electron chi connectivity index (χ0n) is 22.6. The number of anilines is 2. The molecule has 0 aliphatic carbocycles. The summed E-state index contributed by atoms with van der Waals surface area (Å²) in [6, 6.07) is 5.85. The average molecular weight is 513 g/mol. The molecular formula is C27H40N6O4. The molecule has 2 aliphatic heterocycles. The van der Waals surface area contributed by atoms with Gasteiger partial charge >= 0.3 is 12.0 Å². The number of rotatable bonds is 9. The molecule has 1 aromatic carbocycles. The highest BCUT2D eigenvalue weighted by Gasteiger charge is 2.28. The number of urea groups is 1. The van der Waals surface area contributed by atoms with Gasteiger partial charge in [-0.15, -0.1) is 0 Å². The summed E-state index contributed by atoms with van der Waals surface area (Å²) in [6.45, 7) is 11.1. The van der Waals surface area contributed by atoms with Crippen molar-refractivity contribution < 1.29 is 19.1 Å². The zero-order valence-corrected chi connectivity index (χ0v) is 22.6. The van der Waals surface area contributed by atoms with Gasteiger partial charge in [-0.25, -0.2) is 4.79 Å². The first-order chi connectivity index (χ1) is 17.6. The first-order valence-corrected chi connectivity index (χ1v) is 13.4. The van der Waals surface area contributed by atoms with Gasteiger partial charge in [0.25, 0.3) is 0 Å². The summed E-state index contributed by atoms with van der Waals surface area (Å²) in [6.07, 6.45) is 5.00. The van der Waals surface area contributed by atoms with Crippen molar-refractivity contribution >= 4 is 40.3 Å². The van der Waals surface area contributed by atoms with Crippen molar-refractivity contribution in [1.82, 2.24) is 20.0 Å². The van der Waals surface area contributed by atoms with E-state index in [-0.39, 0.29) is 18.3 Å². The van der Waals surface area contributed by atoms with E-state index in [0.29, 0.717) is 18.8 Å². The molecular weight excluding hydrogens is 472 g/mol. The Morgan fingerprint density at radius 1 is 1.03 bits per heavy atom. The summed E-state index contributed by atoms with van der Waals surface area (Å²) in [5.74, 6) is 0.240. The van der Waals surface area contributed by atoms with Crippen LogP contribution in [0.2, 0.25) is 0 Å². The van der Waals surface area contributed by atoms with Crippen LogP contribution in [0.1, 0.15) is 59.3 Å². The molecule has 2 aromatic rings. The second kappa shape index (κ2) is 11.5. The number of imide groups is 1. The van der Waals surface area contributed by atoms with Gasteiger partial charge in [0.1, 0.15) is 5.60 Å². The van der Waals surface area contributed by atoms with E-state index in [9.17, 15) is 14.4 Å². The minimum Gasteiger partial charge on any atom is -0.460 e. The number of amides is 3. The van der Waals surface area contributed by atoms with Gasteiger partial charge in [-0.1, -0.05) is 12.8 Å². The third kappa shape index (κ3) is 7.00. The molecule has 0 radical (unpaired) electrons. The number of benzene rings is 1. The fraction of sp³-hybridized carbons (Fsp3) is 0.630. The number of nitrogens with one attached hydrogen (secondary N) is 1. The first kappa shape index (κ1) is 26.9. The Balaban J connectivity index is 1.23. The number of carbonyl (C=O) groups is 3. The molecule has 0 saturated carbocycles. The number of ether oxygens (including phenoxy) is 1. The fourth-order valence-electron chi connectivity index (χ4n) is 4.97. The van der Waals surface area contributed by atoms with Crippen LogP contribution >= 0.6 is 0 Å². The number of hydrogen-bond acceptors (Lipinski definition) is 7. The molecule has 0 atom stereocenters. The highest BCUT2D eigenvalue weighted by atomic mass is 16.6. The summed E-state index contributed by atoms with van der Waals surface area (Å²) >= 11 is 0. The normalized spacial score (nSPS) is 17.4. The average Bonchev–Trinajstić information content (AvgIpc) is 3.16. The number of carbonyl (C=O) groups excluding carboxylic acids is 3. The molecule has 3 amide bonds. The van der Waals surface area contributed by atoms with Crippen molar-refractivity contribution in [1.29, 1.82) is 0 Å². The van der Waals surface area contributed by atoms with Gasteiger partial charge in [-0.2, -0.15) is 5.10 Å². The van der Waals surface area contributed by atoms with E-state index < -0.39 is 11.6 Å². The van der Waals surface area contributed by atoms with E-state index in [1.54, 1.807) is 9.58 Å². The topological polar surface area (TPSA) is 100 Å². The van der Waals surface area contributed by atoms with Crippen LogP contribution in [0.5, 0.6) is 0 Å². The maximum Gasteiger partial charge on any atom is 0.329 e. The van der Waals surface area contributed by atoms with Crippen LogP contribution in [0.25, 0.3) is 10.9 Å². The molecule has 4 rings (SSSR count). The lowest BCUT2D eigenvalue weighted by atomic mass is 10.1. The molecule has 0 bridgehead atoms.